The van der Waals surface area contributed by atoms with Crippen LogP contribution in [0.15, 0.2) is 78.9 Å². The van der Waals surface area contributed by atoms with Crippen LogP contribution in [0.25, 0.3) is 0 Å². The number of nitrogens with zero attached hydrogens (tertiary/aromatic N) is 2. The van der Waals surface area contributed by atoms with Gasteiger partial charge < -0.3 is 15.1 Å². The highest BCUT2D eigenvalue weighted by Gasteiger charge is 2.22. The summed E-state index contributed by atoms with van der Waals surface area (Å²) in [6.45, 7) is 5.18. The lowest BCUT2D eigenvalue weighted by atomic mass is 10.0. The third-order valence-electron chi connectivity index (χ3n) is 6.61. The fraction of sp³-hybridized carbons (Fsp3) is 0.333. The second kappa shape index (κ2) is 12.2. The van der Waals surface area contributed by atoms with Crippen molar-refractivity contribution in [2.45, 2.75) is 39.0 Å². The minimum absolute atomic E-state index is 0.0906. The van der Waals surface area contributed by atoms with E-state index in [9.17, 15) is 9.59 Å². The van der Waals surface area contributed by atoms with Gasteiger partial charge in [-0.15, -0.1) is 0 Å². The molecule has 0 unspecified atom stereocenters. The van der Waals surface area contributed by atoms with Crippen LogP contribution in [0, 0.1) is 0 Å². The number of hydrogen-bond donors (Lipinski definition) is 1. The monoisotopic (exact) mass is 469 g/mol. The average Bonchev–Trinajstić information content (AvgIpc) is 2.92. The molecule has 1 aliphatic heterocycles. The Kier molecular flexibility index (Phi) is 8.55. The van der Waals surface area contributed by atoms with Crippen LogP contribution < -0.4 is 10.2 Å². The molecule has 1 heterocycles. The number of anilines is 2. The van der Waals surface area contributed by atoms with Gasteiger partial charge >= 0.3 is 0 Å². The summed E-state index contributed by atoms with van der Waals surface area (Å²) < 4.78 is 0. The molecule has 0 aliphatic carbocycles. The number of amides is 2. The first-order valence-electron chi connectivity index (χ1n) is 12.7. The van der Waals surface area contributed by atoms with Gasteiger partial charge in [-0.3, -0.25) is 9.59 Å². The van der Waals surface area contributed by atoms with Crippen molar-refractivity contribution >= 4 is 23.2 Å². The molecule has 4 rings (SSSR count). The van der Waals surface area contributed by atoms with Crippen LogP contribution in [-0.4, -0.2) is 42.9 Å². The number of carbonyl (C=O) groups excluding carboxylic acids is 2. The van der Waals surface area contributed by atoms with Crippen LogP contribution in [0.1, 0.15) is 58.9 Å². The van der Waals surface area contributed by atoms with Crippen molar-refractivity contribution in [1.82, 2.24) is 4.90 Å². The second-order valence-electron chi connectivity index (χ2n) is 9.15. The summed E-state index contributed by atoms with van der Waals surface area (Å²) in [5.74, 6) is -0.00356. The van der Waals surface area contributed by atoms with E-state index in [2.05, 4.69) is 29.3 Å². The van der Waals surface area contributed by atoms with Crippen molar-refractivity contribution < 1.29 is 9.59 Å². The lowest BCUT2D eigenvalue weighted by Gasteiger charge is -2.36. The highest BCUT2D eigenvalue weighted by Crippen LogP contribution is 2.21. The zero-order chi connectivity index (χ0) is 24.5. The van der Waals surface area contributed by atoms with Crippen LogP contribution in [0.3, 0.4) is 0 Å². The maximum Gasteiger partial charge on any atom is 0.255 e. The number of nitrogens with one attached hydrogen (secondary N) is 1. The zero-order valence-corrected chi connectivity index (χ0v) is 20.6. The Morgan fingerprint density at radius 1 is 0.743 bits per heavy atom. The molecule has 0 saturated carbocycles. The van der Waals surface area contributed by atoms with Crippen LogP contribution in [-0.2, 0) is 6.42 Å². The molecule has 5 nitrogen and oxygen atoms in total. The Hall–Kier alpha value is -3.60. The Balaban J connectivity index is 1.26. The van der Waals surface area contributed by atoms with Crippen LogP contribution in [0.4, 0.5) is 11.4 Å². The van der Waals surface area contributed by atoms with Gasteiger partial charge in [0.1, 0.15) is 0 Å². The summed E-state index contributed by atoms with van der Waals surface area (Å²) >= 11 is 0. The summed E-state index contributed by atoms with van der Waals surface area (Å²) in [6.07, 6.45) is 6.05. The highest BCUT2D eigenvalue weighted by atomic mass is 16.2. The molecular formula is C30H35N3O2. The summed E-state index contributed by atoms with van der Waals surface area (Å²) in [5, 5.41) is 3.00. The van der Waals surface area contributed by atoms with Gasteiger partial charge in [-0.05, 0) is 66.9 Å². The van der Waals surface area contributed by atoms with Crippen molar-refractivity contribution in [3.05, 3.63) is 95.6 Å². The predicted octanol–water partition coefficient (Wildman–Crippen LogP) is 6.02. The van der Waals surface area contributed by atoms with E-state index in [1.54, 1.807) is 0 Å². The molecule has 35 heavy (non-hydrogen) atoms. The standard InChI is InChI=1S/C30H35N3O2/c1-2-3-4-6-9-24-12-14-25(15-13-24)29(34)31-27-16-18-28(19-17-27)32-20-22-33(23-21-32)30(35)26-10-7-5-8-11-26/h5,7-8,10-19H,2-4,6,9,20-23H2,1H3,(H,31,34). The molecule has 1 saturated heterocycles. The Morgan fingerprint density at radius 2 is 1.43 bits per heavy atom. The van der Waals surface area contributed by atoms with Crippen molar-refractivity contribution in [2.75, 3.05) is 36.4 Å². The fourth-order valence-electron chi connectivity index (χ4n) is 4.47. The van der Waals surface area contributed by atoms with E-state index in [1.165, 1.54) is 31.2 Å². The topological polar surface area (TPSA) is 52.7 Å². The van der Waals surface area contributed by atoms with E-state index in [0.29, 0.717) is 18.7 Å². The van der Waals surface area contributed by atoms with Crippen molar-refractivity contribution in [3.8, 4) is 0 Å². The number of rotatable bonds is 9. The molecule has 3 aromatic carbocycles. The summed E-state index contributed by atoms with van der Waals surface area (Å²) in [4.78, 5) is 29.5. The molecule has 2 amide bonds. The molecule has 1 aliphatic rings. The Morgan fingerprint density at radius 3 is 2.09 bits per heavy atom. The number of carbonyl (C=O) groups is 2. The van der Waals surface area contributed by atoms with Gasteiger partial charge in [0.05, 0.1) is 0 Å². The van der Waals surface area contributed by atoms with Gasteiger partial charge in [0.2, 0.25) is 0 Å². The average molecular weight is 470 g/mol. The van der Waals surface area contributed by atoms with E-state index in [4.69, 9.17) is 0 Å². The van der Waals surface area contributed by atoms with Crippen molar-refractivity contribution in [1.29, 1.82) is 0 Å². The minimum atomic E-state index is -0.0941. The van der Waals surface area contributed by atoms with Crippen LogP contribution in [0.5, 0.6) is 0 Å². The lowest BCUT2D eigenvalue weighted by Crippen LogP contribution is -2.48. The largest absolute Gasteiger partial charge is 0.368 e. The highest BCUT2D eigenvalue weighted by molar-refractivity contribution is 6.04. The SMILES string of the molecule is CCCCCCc1ccc(C(=O)Nc2ccc(N3CCN(C(=O)c4ccccc4)CC3)cc2)cc1. The summed E-state index contributed by atoms with van der Waals surface area (Å²) in [6, 6.07) is 25.3. The zero-order valence-electron chi connectivity index (χ0n) is 20.6. The predicted molar refractivity (Wildman–Crippen MR) is 143 cm³/mol. The first-order chi connectivity index (χ1) is 17.1. The molecule has 0 bridgehead atoms. The number of benzene rings is 3. The smallest absolute Gasteiger partial charge is 0.255 e. The fourth-order valence-corrected chi connectivity index (χ4v) is 4.47. The van der Waals surface area contributed by atoms with Crippen LogP contribution >= 0.6 is 0 Å². The summed E-state index contributed by atoms with van der Waals surface area (Å²) in [5.41, 5.74) is 4.57. The van der Waals surface area contributed by atoms with Crippen molar-refractivity contribution in [3.63, 3.8) is 0 Å². The molecule has 0 radical (unpaired) electrons. The molecule has 1 N–H and O–H groups in total. The normalized spacial score (nSPS) is 13.5. The quantitative estimate of drug-likeness (QED) is 0.390. The van der Waals surface area contributed by atoms with E-state index < -0.39 is 0 Å². The molecule has 1 fully saturated rings. The molecule has 3 aromatic rings. The molecule has 5 heteroatoms. The van der Waals surface area contributed by atoms with Gasteiger partial charge in [0, 0.05) is 48.7 Å². The van der Waals surface area contributed by atoms with Gasteiger partial charge in [-0.1, -0.05) is 56.5 Å². The molecule has 0 aromatic heterocycles. The lowest BCUT2D eigenvalue weighted by molar-refractivity contribution is 0.0746. The van der Waals surface area contributed by atoms with E-state index in [-0.39, 0.29) is 11.8 Å². The summed E-state index contributed by atoms with van der Waals surface area (Å²) in [7, 11) is 0. The maximum atomic E-state index is 12.7. The first-order valence-corrected chi connectivity index (χ1v) is 12.7. The molecule has 182 valence electrons. The molecule has 0 atom stereocenters. The third-order valence-corrected chi connectivity index (χ3v) is 6.61. The number of unbranched alkanes of at least 4 members (excludes halogenated alkanes) is 3. The second-order valence-corrected chi connectivity index (χ2v) is 9.15. The Labute approximate surface area is 208 Å². The van der Waals surface area contributed by atoms with Gasteiger partial charge in [0.25, 0.3) is 11.8 Å². The van der Waals surface area contributed by atoms with E-state index >= 15 is 0 Å². The van der Waals surface area contributed by atoms with Crippen LogP contribution in [0.2, 0.25) is 0 Å². The minimum Gasteiger partial charge on any atom is -0.368 e. The van der Waals surface area contributed by atoms with E-state index in [1.807, 2.05) is 71.6 Å². The third kappa shape index (κ3) is 6.72. The van der Waals surface area contributed by atoms with E-state index in [0.717, 1.165) is 36.4 Å². The first kappa shape index (κ1) is 24.5. The molecular weight excluding hydrogens is 434 g/mol. The molecule has 0 spiro atoms. The number of hydrogen-bond acceptors (Lipinski definition) is 3. The maximum absolute atomic E-state index is 12.7. The number of piperazine rings is 1. The Bertz CT molecular complexity index is 1090. The van der Waals surface area contributed by atoms with Gasteiger partial charge in [-0.25, -0.2) is 0 Å². The van der Waals surface area contributed by atoms with Gasteiger partial charge in [0.15, 0.2) is 0 Å². The van der Waals surface area contributed by atoms with Gasteiger partial charge in [-0.2, -0.15) is 0 Å². The number of aryl methyl sites for hydroxylation is 1. The van der Waals surface area contributed by atoms with Crippen molar-refractivity contribution in [2.24, 2.45) is 0 Å².